The second-order valence-electron chi connectivity index (χ2n) is 7.14. The maximum absolute atomic E-state index is 13.9. The SMILES string of the molecule is Cc1ccc(NC(=O)C2=CN(Cc3ccsc3)c3ccc(F)cc3S2(=O)=O)c(C)c1. The van der Waals surface area contributed by atoms with Gasteiger partial charge in [-0.25, -0.2) is 12.8 Å². The van der Waals surface area contributed by atoms with E-state index in [1.807, 2.05) is 42.8 Å². The zero-order chi connectivity index (χ0) is 21.5. The molecule has 1 aliphatic rings. The summed E-state index contributed by atoms with van der Waals surface area (Å²) in [6, 6.07) is 11.0. The van der Waals surface area contributed by atoms with Gasteiger partial charge in [-0.1, -0.05) is 17.7 Å². The minimum Gasteiger partial charge on any atom is -0.341 e. The Morgan fingerprint density at radius 3 is 2.63 bits per heavy atom. The molecule has 0 aliphatic carbocycles. The topological polar surface area (TPSA) is 66.5 Å². The summed E-state index contributed by atoms with van der Waals surface area (Å²) >= 11 is 1.52. The Morgan fingerprint density at radius 2 is 1.93 bits per heavy atom. The third-order valence-corrected chi connectivity index (χ3v) is 7.38. The summed E-state index contributed by atoms with van der Waals surface area (Å²) in [7, 11) is -4.19. The van der Waals surface area contributed by atoms with Crippen molar-refractivity contribution in [2.45, 2.75) is 25.3 Å². The van der Waals surface area contributed by atoms with Gasteiger partial charge in [0.15, 0.2) is 4.91 Å². The number of carbonyl (C=O) groups excluding carboxylic acids is 1. The lowest BCUT2D eigenvalue weighted by Crippen LogP contribution is -2.30. The number of thiophene rings is 1. The molecule has 0 atom stereocenters. The van der Waals surface area contributed by atoms with E-state index in [-0.39, 0.29) is 4.90 Å². The van der Waals surface area contributed by atoms with Gasteiger partial charge in [-0.2, -0.15) is 11.3 Å². The molecule has 0 saturated carbocycles. The van der Waals surface area contributed by atoms with Gasteiger partial charge in [0.05, 0.1) is 10.6 Å². The first-order valence-electron chi connectivity index (χ1n) is 9.18. The van der Waals surface area contributed by atoms with Gasteiger partial charge in [0.1, 0.15) is 5.82 Å². The van der Waals surface area contributed by atoms with Gasteiger partial charge < -0.3 is 10.2 Å². The number of nitrogens with zero attached hydrogens (tertiary/aromatic N) is 1. The van der Waals surface area contributed by atoms with Gasteiger partial charge in [0.2, 0.25) is 9.84 Å². The Morgan fingerprint density at radius 1 is 1.13 bits per heavy atom. The van der Waals surface area contributed by atoms with Crippen molar-refractivity contribution in [1.29, 1.82) is 0 Å². The molecular weight excluding hydrogens is 423 g/mol. The average Bonchev–Trinajstić information content (AvgIpc) is 3.19. The van der Waals surface area contributed by atoms with Crippen LogP contribution in [0, 0.1) is 19.7 Å². The van der Waals surface area contributed by atoms with Crippen molar-refractivity contribution in [1.82, 2.24) is 0 Å². The van der Waals surface area contributed by atoms with Crippen molar-refractivity contribution in [3.05, 3.63) is 86.8 Å². The molecule has 30 heavy (non-hydrogen) atoms. The lowest BCUT2D eigenvalue weighted by Gasteiger charge is -2.28. The van der Waals surface area contributed by atoms with Gasteiger partial charge in [0, 0.05) is 18.4 Å². The molecule has 1 aliphatic heterocycles. The van der Waals surface area contributed by atoms with Crippen molar-refractivity contribution < 1.29 is 17.6 Å². The monoisotopic (exact) mass is 442 g/mol. The maximum Gasteiger partial charge on any atom is 0.269 e. The Bertz CT molecular complexity index is 1270. The van der Waals surface area contributed by atoms with Crippen molar-refractivity contribution in [3.63, 3.8) is 0 Å². The molecule has 0 bridgehead atoms. The van der Waals surface area contributed by atoms with Crippen LogP contribution >= 0.6 is 11.3 Å². The highest BCUT2D eigenvalue weighted by Crippen LogP contribution is 2.37. The third kappa shape index (κ3) is 3.76. The number of halogens is 1. The third-order valence-electron chi connectivity index (χ3n) is 4.87. The molecule has 0 radical (unpaired) electrons. The minimum absolute atomic E-state index is 0.217. The van der Waals surface area contributed by atoms with Crippen LogP contribution in [0.15, 0.2) is 69.2 Å². The van der Waals surface area contributed by atoms with Gasteiger partial charge in [-0.3, -0.25) is 4.79 Å². The van der Waals surface area contributed by atoms with E-state index in [1.54, 1.807) is 11.0 Å². The van der Waals surface area contributed by atoms with Crippen molar-refractivity contribution in [2.24, 2.45) is 0 Å². The fourth-order valence-corrected chi connectivity index (χ4v) is 5.55. The Hall–Kier alpha value is -2.97. The average molecular weight is 443 g/mol. The van der Waals surface area contributed by atoms with Crippen LogP contribution in [-0.2, 0) is 21.2 Å². The fourth-order valence-electron chi connectivity index (χ4n) is 3.37. The molecule has 1 amide bonds. The first-order chi connectivity index (χ1) is 14.3. The number of rotatable bonds is 4. The maximum atomic E-state index is 13.9. The van der Waals surface area contributed by atoms with Gasteiger partial charge >= 0.3 is 0 Å². The van der Waals surface area contributed by atoms with Gasteiger partial charge in [-0.15, -0.1) is 0 Å². The van der Waals surface area contributed by atoms with Crippen LogP contribution in [-0.4, -0.2) is 14.3 Å². The Labute approximate surface area is 178 Å². The fraction of sp³-hybridized carbons (Fsp3) is 0.136. The molecule has 4 rings (SSSR count). The highest BCUT2D eigenvalue weighted by molar-refractivity contribution is 7.96. The summed E-state index contributed by atoms with van der Waals surface area (Å²) < 4.78 is 40.2. The number of benzene rings is 2. The lowest BCUT2D eigenvalue weighted by molar-refractivity contribution is -0.112. The molecule has 1 N–H and O–H groups in total. The molecule has 8 heteroatoms. The number of hydrogen-bond acceptors (Lipinski definition) is 5. The normalized spacial score (nSPS) is 14.8. The standard InChI is InChI=1S/C22H19FN2O3S2/c1-14-3-5-18(15(2)9-14)24-22(26)21-12-25(11-16-7-8-29-13-16)19-6-4-17(23)10-20(19)30(21,27)28/h3-10,12-13H,11H2,1-2H3,(H,24,26). The highest BCUT2D eigenvalue weighted by Gasteiger charge is 2.36. The van der Waals surface area contributed by atoms with Crippen LogP contribution in [0.1, 0.15) is 16.7 Å². The first-order valence-corrected chi connectivity index (χ1v) is 11.6. The van der Waals surface area contributed by atoms with E-state index in [0.29, 0.717) is 17.9 Å². The van der Waals surface area contributed by atoms with E-state index in [9.17, 15) is 17.6 Å². The minimum atomic E-state index is -4.19. The Balaban J connectivity index is 1.76. The number of hydrogen-bond donors (Lipinski definition) is 1. The van der Waals surface area contributed by atoms with E-state index in [2.05, 4.69) is 5.32 Å². The van der Waals surface area contributed by atoms with Crippen molar-refractivity contribution >= 4 is 38.5 Å². The van der Waals surface area contributed by atoms with E-state index in [0.717, 1.165) is 22.8 Å². The summed E-state index contributed by atoms with van der Waals surface area (Å²) in [5.41, 5.74) is 3.67. The zero-order valence-electron chi connectivity index (χ0n) is 16.3. The van der Waals surface area contributed by atoms with Crippen LogP contribution in [0.25, 0.3) is 0 Å². The molecule has 0 fully saturated rings. The highest BCUT2D eigenvalue weighted by atomic mass is 32.2. The second kappa shape index (κ2) is 7.70. The Kier molecular flexibility index (Phi) is 5.21. The smallest absolute Gasteiger partial charge is 0.269 e. The second-order valence-corrected chi connectivity index (χ2v) is 9.81. The largest absolute Gasteiger partial charge is 0.341 e. The van der Waals surface area contributed by atoms with Gasteiger partial charge in [-0.05, 0) is 66.1 Å². The molecule has 5 nitrogen and oxygen atoms in total. The molecule has 0 spiro atoms. The molecule has 2 heterocycles. The van der Waals surface area contributed by atoms with Crippen LogP contribution in [0.2, 0.25) is 0 Å². The number of fused-ring (bicyclic) bond motifs is 1. The molecule has 0 unspecified atom stereocenters. The number of nitrogens with one attached hydrogen (secondary N) is 1. The number of sulfone groups is 1. The summed E-state index contributed by atoms with van der Waals surface area (Å²) in [4.78, 5) is 14.0. The molecule has 2 aromatic carbocycles. The van der Waals surface area contributed by atoms with Crippen LogP contribution < -0.4 is 10.2 Å². The molecular formula is C22H19FN2O3S2. The predicted molar refractivity (Wildman–Crippen MR) is 117 cm³/mol. The van der Waals surface area contributed by atoms with E-state index >= 15 is 0 Å². The van der Waals surface area contributed by atoms with Gasteiger partial charge in [0.25, 0.3) is 5.91 Å². The molecule has 3 aromatic rings. The molecule has 1 aromatic heterocycles. The summed E-state index contributed by atoms with van der Waals surface area (Å²) in [5.74, 6) is -1.43. The predicted octanol–water partition coefficient (Wildman–Crippen LogP) is 4.78. The van der Waals surface area contributed by atoms with Crippen LogP contribution in [0.4, 0.5) is 15.8 Å². The van der Waals surface area contributed by atoms with E-state index in [1.165, 1.54) is 29.7 Å². The van der Waals surface area contributed by atoms with E-state index < -0.39 is 26.5 Å². The number of anilines is 2. The van der Waals surface area contributed by atoms with E-state index in [4.69, 9.17) is 0 Å². The summed E-state index contributed by atoms with van der Waals surface area (Å²) in [6.07, 6.45) is 1.33. The molecule has 154 valence electrons. The quantitative estimate of drug-likeness (QED) is 0.632. The first kappa shape index (κ1) is 20.3. The summed E-state index contributed by atoms with van der Waals surface area (Å²) in [5, 5.41) is 6.54. The lowest BCUT2D eigenvalue weighted by atomic mass is 10.1. The number of amides is 1. The molecule has 0 saturated heterocycles. The van der Waals surface area contributed by atoms with Crippen molar-refractivity contribution in [2.75, 3.05) is 10.2 Å². The number of carbonyl (C=O) groups is 1. The van der Waals surface area contributed by atoms with Crippen molar-refractivity contribution in [3.8, 4) is 0 Å². The summed E-state index contributed by atoms with van der Waals surface area (Å²) in [6.45, 7) is 4.12. The number of aryl methyl sites for hydroxylation is 2. The van der Waals surface area contributed by atoms with Crippen LogP contribution in [0.3, 0.4) is 0 Å². The van der Waals surface area contributed by atoms with Crippen LogP contribution in [0.5, 0.6) is 0 Å². The zero-order valence-corrected chi connectivity index (χ0v) is 18.0.